The van der Waals surface area contributed by atoms with E-state index < -0.39 is 0 Å². The zero-order chi connectivity index (χ0) is 13.4. The molecular formula is C11H17NO6. The van der Waals surface area contributed by atoms with E-state index in [1.165, 1.54) is 28.4 Å². The molecule has 1 rings (SSSR count). The van der Waals surface area contributed by atoms with Gasteiger partial charge in [-0.2, -0.15) is 4.98 Å². The lowest BCUT2D eigenvalue weighted by Crippen LogP contribution is -2.06. The molecule has 0 amide bonds. The van der Waals surface area contributed by atoms with Crippen molar-refractivity contribution in [1.82, 2.24) is 4.98 Å². The van der Waals surface area contributed by atoms with Gasteiger partial charge in [0.1, 0.15) is 0 Å². The smallest absolute Gasteiger partial charge is 0.264 e. The Hall–Kier alpha value is -1.73. The van der Waals surface area contributed by atoms with Crippen LogP contribution >= 0.6 is 0 Å². The third-order valence-corrected chi connectivity index (χ3v) is 1.94. The van der Waals surface area contributed by atoms with Crippen molar-refractivity contribution in [3.63, 3.8) is 0 Å². The Kier molecular flexibility index (Phi) is 6.03. The first-order valence-corrected chi connectivity index (χ1v) is 5.13. The number of pyridine rings is 1. The number of aromatic nitrogens is 1. The molecule has 0 radical (unpaired) electrons. The Morgan fingerprint density at radius 2 is 1.61 bits per heavy atom. The molecule has 18 heavy (non-hydrogen) atoms. The lowest BCUT2D eigenvalue weighted by atomic mass is 10.4. The number of hydrogen-bond acceptors (Lipinski definition) is 7. The van der Waals surface area contributed by atoms with Gasteiger partial charge >= 0.3 is 0 Å². The van der Waals surface area contributed by atoms with Crippen molar-refractivity contribution >= 4 is 0 Å². The van der Waals surface area contributed by atoms with E-state index in [0.29, 0.717) is 17.4 Å². The van der Waals surface area contributed by atoms with Crippen LogP contribution in [0, 0.1) is 0 Å². The molecule has 7 heteroatoms. The molecule has 1 aromatic rings. The van der Waals surface area contributed by atoms with Gasteiger partial charge < -0.3 is 28.4 Å². The fourth-order valence-electron chi connectivity index (χ4n) is 1.22. The molecule has 0 saturated heterocycles. The minimum atomic E-state index is 0.0756. The van der Waals surface area contributed by atoms with Crippen molar-refractivity contribution < 1.29 is 28.4 Å². The maximum absolute atomic E-state index is 5.35. The molecule has 0 spiro atoms. The summed E-state index contributed by atoms with van der Waals surface area (Å²) in [7, 11) is 6.01. The lowest BCUT2D eigenvalue weighted by Gasteiger charge is -2.14. The number of rotatable bonds is 8. The Labute approximate surface area is 106 Å². The zero-order valence-electron chi connectivity index (χ0n) is 10.9. The van der Waals surface area contributed by atoms with Gasteiger partial charge in [0.15, 0.2) is 19.3 Å². The second-order valence-electron chi connectivity index (χ2n) is 3.10. The first-order chi connectivity index (χ1) is 8.76. The molecule has 0 bridgehead atoms. The normalized spacial score (nSPS) is 10.0. The Morgan fingerprint density at radius 1 is 0.944 bits per heavy atom. The maximum Gasteiger partial charge on any atom is 0.264 e. The second kappa shape index (κ2) is 7.57. The van der Waals surface area contributed by atoms with Gasteiger partial charge in [-0.15, -0.1) is 0 Å². The summed E-state index contributed by atoms with van der Waals surface area (Å²) in [4.78, 5) is 4.10. The molecule has 0 atom stereocenters. The van der Waals surface area contributed by atoms with Crippen LogP contribution in [0.5, 0.6) is 23.3 Å². The summed E-state index contributed by atoms with van der Waals surface area (Å²) < 4.78 is 30.5. The molecule has 0 aliphatic carbocycles. The van der Waals surface area contributed by atoms with Gasteiger partial charge in [0.05, 0.1) is 14.2 Å². The van der Waals surface area contributed by atoms with Crippen molar-refractivity contribution in [2.75, 3.05) is 42.0 Å². The third-order valence-electron chi connectivity index (χ3n) is 1.94. The van der Waals surface area contributed by atoms with Crippen LogP contribution in [-0.4, -0.2) is 47.0 Å². The summed E-state index contributed by atoms with van der Waals surface area (Å²) in [6, 6.07) is 1.57. The van der Waals surface area contributed by atoms with E-state index in [0.717, 1.165) is 0 Å². The zero-order valence-corrected chi connectivity index (χ0v) is 10.9. The van der Waals surface area contributed by atoms with Crippen molar-refractivity contribution in [2.24, 2.45) is 0 Å². The van der Waals surface area contributed by atoms with Crippen molar-refractivity contribution in [1.29, 1.82) is 0 Å². The van der Waals surface area contributed by atoms with Crippen LogP contribution < -0.4 is 18.9 Å². The van der Waals surface area contributed by atoms with Crippen LogP contribution in [0.15, 0.2) is 6.07 Å². The average Bonchev–Trinajstić information content (AvgIpc) is 2.41. The quantitative estimate of drug-likeness (QED) is 0.646. The molecule has 102 valence electrons. The van der Waals surface area contributed by atoms with Gasteiger partial charge in [-0.1, -0.05) is 0 Å². The van der Waals surface area contributed by atoms with E-state index in [2.05, 4.69) is 4.98 Å². The maximum atomic E-state index is 5.35. The molecule has 0 aromatic carbocycles. The first-order valence-electron chi connectivity index (χ1n) is 5.13. The molecule has 7 nitrogen and oxygen atoms in total. The van der Waals surface area contributed by atoms with Gasteiger partial charge in [0.25, 0.3) is 5.88 Å². The van der Waals surface area contributed by atoms with Crippen LogP contribution in [-0.2, 0) is 9.47 Å². The Morgan fingerprint density at radius 3 is 2.17 bits per heavy atom. The highest BCUT2D eigenvalue weighted by Gasteiger charge is 2.16. The summed E-state index contributed by atoms with van der Waals surface area (Å²) in [6.45, 7) is 0.152. The summed E-state index contributed by atoms with van der Waals surface area (Å²) in [5, 5.41) is 0. The van der Waals surface area contributed by atoms with Crippen molar-refractivity contribution in [3.05, 3.63) is 6.07 Å². The largest absolute Gasteiger partial charge is 0.489 e. The molecule has 0 saturated carbocycles. The van der Waals surface area contributed by atoms with E-state index in [-0.39, 0.29) is 19.5 Å². The first kappa shape index (κ1) is 14.3. The minimum Gasteiger partial charge on any atom is -0.489 e. The monoisotopic (exact) mass is 259 g/mol. The minimum absolute atomic E-state index is 0.0756. The highest BCUT2D eigenvalue weighted by Crippen LogP contribution is 2.38. The number of hydrogen-bond donors (Lipinski definition) is 0. The fraction of sp³-hybridized carbons (Fsp3) is 0.545. The summed E-state index contributed by atoms with van der Waals surface area (Å²) in [5.74, 6) is 1.36. The van der Waals surface area contributed by atoms with Crippen LogP contribution in [0.3, 0.4) is 0 Å². The Balaban J connectivity index is 3.01. The van der Waals surface area contributed by atoms with Gasteiger partial charge in [-0.25, -0.2) is 0 Å². The number of nitrogens with zero attached hydrogens (tertiary/aromatic N) is 1. The average molecular weight is 259 g/mol. The topological polar surface area (TPSA) is 68.3 Å². The second-order valence-corrected chi connectivity index (χ2v) is 3.10. The molecule has 0 aliphatic heterocycles. The lowest BCUT2D eigenvalue weighted by molar-refractivity contribution is 0.0418. The van der Waals surface area contributed by atoms with Crippen molar-refractivity contribution in [2.45, 2.75) is 0 Å². The van der Waals surface area contributed by atoms with Crippen LogP contribution in [0.2, 0.25) is 0 Å². The molecule has 0 unspecified atom stereocenters. The highest BCUT2D eigenvalue weighted by atomic mass is 16.7. The van der Waals surface area contributed by atoms with Gasteiger partial charge in [0, 0.05) is 20.3 Å². The number of ether oxygens (including phenoxy) is 6. The van der Waals surface area contributed by atoms with Crippen LogP contribution in [0.25, 0.3) is 0 Å². The number of methoxy groups -OCH3 is 4. The van der Waals surface area contributed by atoms with Gasteiger partial charge in [-0.05, 0) is 0 Å². The van der Waals surface area contributed by atoms with E-state index in [9.17, 15) is 0 Å². The fourth-order valence-corrected chi connectivity index (χ4v) is 1.22. The highest BCUT2D eigenvalue weighted by molar-refractivity contribution is 5.49. The molecule has 0 aliphatic rings. The summed E-state index contributed by atoms with van der Waals surface area (Å²) >= 11 is 0. The molecular weight excluding hydrogens is 242 g/mol. The molecule has 0 N–H and O–H groups in total. The van der Waals surface area contributed by atoms with Crippen LogP contribution in [0.1, 0.15) is 0 Å². The molecule has 1 heterocycles. The van der Waals surface area contributed by atoms with Crippen LogP contribution in [0.4, 0.5) is 0 Å². The Bertz CT molecular complexity index is 371. The molecule has 1 aromatic heterocycles. The van der Waals surface area contributed by atoms with Gasteiger partial charge in [0.2, 0.25) is 11.6 Å². The predicted octanol–water partition coefficient (Wildman–Crippen LogP) is 1.06. The molecule has 0 fully saturated rings. The van der Waals surface area contributed by atoms with Crippen molar-refractivity contribution in [3.8, 4) is 23.3 Å². The predicted molar refractivity (Wildman–Crippen MR) is 62.3 cm³/mol. The van der Waals surface area contributed by atoms with E-state index >= 15 is 0 Å². The SMILES string of the molecule is COCOc1cc(OCOC)c(OC)c(OC)n1. The van der Waals surface area contributed by atoms with Gasteiger partial charge in [-0.3, -0.25) is 0 Å². The van der Waals surface area contributed by atoms with E-state index in [4.69, 9.17) is 28.4 Å². The summed E-state index contributed by atoms with van der Waals surface area (Å²) in [5.41, 5.74) is 0. The third kappa shape index (κ3) is 3.64. The standard InChI is InChI=1S/C11H17NO6/c1-13-6-17-8-5-9(18-7-14-2)12-11(16-4)10(8)15-3/h5H,6-7H2,1-4H3. The van der Waals surface area contributed by atoms with E-state index in [1.807, 2.05) is 0 Å². The summed E-state index contributed by atoms with van der Waals surface area (Å²) in [6.07, 6.45) is 0. The van der Waals surface area contributed by atoms with E-state index in [1.54, 1.807) is 6.07 Å².